The van der Waals surface area contributed by atoms with E-state index in [9.17, 15) is 0 Å². The van der Waals surface area contributed by atoms with Gasteiger partial charge in [0, 0.05) is 11.1 Å². The molecule has 0 spiro atoms. The number of nitrogens with one attached hydrogen (secondary N) is 1. The average molecular weight is 470 g/mol. The number of anilines is 1. The number of ether oxygens (including phenoxy) is 1. The molecule has 0 amide bonds. The van der Waals surface area contributed by atoms with Gasteiger partial charge in [0.15, 0.2) is 0 Å². The topological polar surface area (TPSA) is 46.5 Å². The van der Waals surface area contributed by atoms with Crippen molar-refractivity contribution in [3.63, 3.8) is 0 Å². The lowest BCUT2D eigenvalue weighted by Gasteiger charge is -2.08. The summed E-state index contributed by atoms with van der Waals surface area (Å²) in [5.74, 6) is 0.856. The highest BCUT2D eigenvalue weighted by atomic mass is 32.1. The third-order valence-corrected chi connectivity index (χ3v) is 6.54. The minimum atomic E-state index is 0.727. The molecule has 4 rings (SSSR count). The summed E-state index contributed by atoms with van der Waals surface area (Å²) < 4.78 is 6.00. The predicted molar refractivity (Wildman–Crippen MR) is 145 cm³/mol. The number of rotatable bonds is 11. The van der Waals surface area contributed by atoms with Crippen molar-refractivity contribution in [1.29, 1.82) is 0 Å². The van der Waals surface area contributed by atoms with Crippen molar-refractivity contribution < 1.29 is 4.74 Å². The maximum Gasteiger partial charge on any atom is 0.204 e. The minimum absolute atomic E-state index is 0.727. The molecule has 3 aromatic carbocycles. The summed E-state index contributed by atoms with van der Waals surface area (Å²) in [4.78, 5) is 6.00. The van der Waals surface area contributed by atoms with Crippen LogP contribution in [0.3, 0.4) is 0 Å². The van der Waals surface area contributed by atoms with E-state index in [1.165, 1.54) is 24.8 Å². The molecule has 1 heterocycles. The number of thiazole rings is 1. The normalized spacial score (nSPS) is 11.1. The molecule has 0 fully saturated rings. The molecule has 0 bridgehead atoms. The average Bonchev–Trinajstić information content (AvgIpc) is 3.30. The van der Waals surface area contributed by atoms with Crippen LogP contribution >= 0.6 is 11.3 Å². The molecule has 4 aromatic rings. The number of hydrogen-bond acceptors (Lipinski definition) is 5. The summed E-state index contributed by atoms with van der Waals surface area (Å²) in [7, 11) is 0. The van der Waals surface area contributed by atoms with Gasteiger partial charge in [0.2, 0.25) is 5.13 Å². The number of hydrazone groups is 1. The van der Waals surface area contributed by atoms with Crippen LogP contribution in [-0.2, 0) is 0 Å². The first-order chi connectivity index (χ1) is 16.7. The van der Waals surface area contributed by atoms with Crippen LogP contribution in [0.25, 0.3) is 21.7 Å². The van der Waals surface area contributed by atoms with Crippen LogP contribution in [0.4, 0.5) is 5.13 Å². The molecule has 0 saturated heterocycles. The first-order valence-electron chi connectivity index (χ1n) is 11.9. The molecular formula is C29H31N3OS. The van der Waals surface area contributed by atoms with Gasteiger partial charge in [-0.3, -0.25) is 5.43 Å². The lowest BCUT2D eigenvalue weighted by atomic mass is 10.1. The predicted octanol–water partition coefficient (Wildman–Crippen LogP) is 8.19. The maximum absolute atomic E-state index is 6.00. The Morgan fingerprint density at radius 3 is 2.44 bits per heavy atom. The van der Waals surface area contributed by atoms with Gasteiger partial charge >= 0.3 is 0 Å². The van der Waals surface area contributed by atoms with Gasteiger partial charge in [-0.15, -0.1) is 0 Å². The van der Waals surface area contributed by atoms with Crippen molar-refractivity contribution in [3.8, 4) is 27.4 Å². The van der Waals surface area contributed by atoms with Crippen molar-refractivity contribution in [2.45, 2.75) is 39.5 Å². The summed E-state index contributed by atoms with van der Waals surface area (Å²) in [6.45, 7) is 5.04. The second-order valence-corrected chi connectivity index (χ2v) is 9.24. The van der Waals surface area contributed by atoms with E-state index in [1.807, 2.05) is 30.3 Å². The Kier molecular flexibility index (Phi) is 8.47. The van der Waals surface area contributed by atoms with Gasteiger partial charge in [-0.05, 0) is 31.0 Å². The van der Waals surface area contributed by atoms with Crippen molar-refractivity contribution in [2.75, 3.05) is 12.0 Å². The molecule has 0 atom stereocenters. The number of aryl methyl sites for hydroxylation is 1. The quantitative estimate of drug-likeness (QED) is 0.137. The second kappa shape index (κ2) is 12.1. The SMILES string of the molecule is CCCCCCOc1ccccc1/C=N\Nc1nc(-c2ccc(C)cc2)c(-c2ccccc2)s1. The van der Waals surface area contributed by atoms with Gasteiger partial charge in [-0.1, -0.05) is 110 Å². The second-order valence-electron chi connectivity index (χ2n) is 8.25. The molecule has 0 aliphatic carbocycles. The minimum Gasteiger partial charge on any atom is -0.493 e. The Morgan fingerprint density at radius 1 is 0.882 bits per heavy atom. The standard InChI is InChI=1S/C29H31N3OS/c1-3-4-5-11-20-33-26-15-10-9-14-25(26)21-30-32-29-31-27(23-18-16-22(2)17-19-23)28(34-29)24-12-7-6-8-13-24/h6-10,12-19,21H,3-5,11,20H2,1-2H3,(H,31,32)/b30-21-. The van der Waals surface area contributed by atoms with Gasteiger partial charge < -0.3 is 4.74 Å². The zero-order chi connectivity index (χ0) is 23.6. The van der Waals surface area contributed by atoms with E-state index in [0.29, 0.717) is 0 Å². The van der Waals surface area contributed by atoms with Gasteiger partial charge in [0.05, 0.1) is 23.4 Å². The highest BCUT2D eigenvalue weighted by molar-refractivity contribution is 7.19. The molecule has 0 saturated carbocycles. The van der Waals surface area contributed by atoms with Crippen LogP contribution in [0.5, 0.6) is 5.75 Å². The zero-order valence-electron chi connectivity index (χ0n) is 19.8. The van der Waals surface area contributed by atoms with E-state index in [4.69, 9.17) is 9.72 Å². The van der Waals surface area contributed by atoms with Crippen LogP contribution in [-0.4, -0.2) is 17.8 Å². The number of nitrogens with zero attached hydrogens (tertiary/aromatic N) is 2. The van der Waals surface area contributed by atoms with Crippen molar-refractivity contribution in [1.82, 2.24) is 4.98 Å². The number of para-hydroxylation sites is 1. The Hall–Kier alpha value is -3.44. The Morgan fingerprint density at radius 2 is 1.65 bits per heavy atom. The summed E-state index contributed by atoms with van der Waals surface area (Å²) >= 11 is 1.61. The van der Waals surface area contributed by atoms with Crippen LogP contribution in [0, 0.1) is 6.92 Å². The fourth-order valence-electron chi connectivity index (χ4n) is 3.65. The third kappa shape index (κ3) is 6.33. The molecule has 34 heavy (non-hydrogen) atoms. The molecule has 0 radical (unpaired) electrons. The van der Waals surface area contributed by atoms with E-state index >= 15 is 0 Å². The first-order valence-corrected chi connectivity index (χ1v) is 12.7. The molecule has 1 aromatic heterocycles. The fourth-order valence-corrected chi connectivity index (χ4v) is 4.59. The Bertz CT molecular complexity index is 1200. The van der Waals surface area contributed by atoms with E-state index in [2.05, 4.69) is 72.9 Å². The molecule has 174 valence electrons. The van der Waals surface area contributed by atoms with E-state index in [1.54, 1.807) is 17.6 Å². The van der Waals surface area contributed by atoms with Crippen molar-refractivity contribution in [2.24, 2.45) is 5.10 Å². The number of benzene rings is 3. The Labute approximate surface area is 206 Å². The molecule has 4 nitrogen and oxygen atoms in total. The van der Waals surface area contributed by atoms with Gasteiger partial charge in [0.1, 0.15) is 5.75 Å². The maximum atomic E-state index is 6.00. The van der Waals surface area contributed by atoms with Crippen LogP contribution < -0.4 is 10.2 Å². The van der Waals surface area contributed by atoms with Crippen LogP contribution in [0.1, 0.15) is 43.7 Å². The lowest BCUT2D eigenvalue weighted by Crippen LogP contribution is -2.00. The largest absolute Gasteiger partial charge is 0.493 e. The highest BCUT2D eigenvalue weighted by Crippen LogP contribution is 2.39. The molecular weight excluding hydrogens is 438 g/mol. The highest BCUT2D eigenvalue weighted by Gasteiger charge is 2.14. The smallest absolute Gasteiger partial charge is 0.204 e. The van der Waals surface area contributed by atoms with Gasteiger partial charge in [0.25, 0.3) is 0 Å². The van der Waals surface area contributed by atoms with Crippen molar-refractivity contribution in [3.05, 3.63) is 90.0 Å². The monoisotopic (exact) mass is 469 g/mol. The van der Waals surface area contributed by atoms with Crippen LogP contribution in [0.2, 0.25) is 0 Å². The number of hydrogen-bond donors (Lipinski definition) is 1. The van der Waals surface area contributed by atoms with Crippen molar-refractivity contribution >= 4 is 22.7 Å². The lowest BCUT2D eigenvalue weighted by molar-refractivity contribution is 0.304. The van der Waals surface area contributed by atoms with Gasteiger partial charge in [-0.25, -0.2) is 4.98 Å². The first kappa shape index (κ1) is 23.7. The summed E-state index contributed by atoms with van der Waals surface area (Å²) in [5, 5.41) is 5.23. The van der Waals surface area contributed by atoms with Crippen LogP contribution in [0.15, 0.2) is 84.0 Å². The van der Waals surface area contributed by atoms with E-state index < -0.39 is 0 Å². The number of unbranched alkanes of at least 4 members (excludes halogenated alkanes) is 3. The summed E-state index contributed by atoms with van der Waals surface area (Å²) in [6.07, 6.45) is 6.55. The zero-order valence-corrected chi connectivity index (χ0v) is 20.6. The molecule has 0 aliphatic heterocycles. The summed E-state index contributed by atoms with van der Waals surface area (Å²) in [5.41, 5.74) is 8.52. The molecule has 5 heteroatoms. The van der Waals surface area contributed by atoms with E-state index in [-0.39, 0.29) is 0 Å². The summed E-state index contributed by atoms with van der Waals surface area (Å²) in [6, 6.07) is 26.9. The molecule has 1 N–H and O–H groups in total. The molecule has 0 unspecified atom stereocenters. The third-order valence-electron chi connectivity index (χ3n) is 5.53. The number of aromatic nitrogens is 1. The van der Waals surface area contributed by atoms with Gasteiger partial charge in [-0.2, -0.15) is 5.10 Å². The van der Waals surface area contributed by atoms with E-state index in [0.717, 1.165) is 51.2 Å². The molecule has 0 aliphatic rings. The Balaban J connectivity index is 1.51. The fraction of sp³-hybridized carbons (Fsp3) is 0.241.